The Balaban J connectivity index is 1.55. The highest BCUT2D eigenvalue weighted by atomic mass is 32.1. The number of benzene rings is 1. The molecule has 1 aromatic carbocycles. The standard InChI is InChI=1S/C26H25N5O3S/c1-30(2)22-8-6-17(13-28-22)23-25-24(31(26(32)29-23)10-9-18-4-3-11-33-18)19-12-16(5-7-20(19)34-25)21-14-27-15-35-21/h5-8,12-15,18H,3-4,9-11H2,1-2H3. The second-order valence-electron chi connectivity index (χ2n) is 8.97. The minimum absolute atomic E-state index is 0.172. The van der Waals surface area contributed by atoms with Gasteiger partial charge in [0.25, 0.3) is 0 Å². The fraction of sp³-hybridized carbons (Fsp3) is 0.308. The molecule has 1 fully saturated rings. The van der Waals surface area contributed by atoms with Gasteiger partial charge in [0.2, 0.25) is 0 Å². The van der Waals surface area contributed by atoms with Crippen molar-refractivity contribution in [2.24, 2.45) is 0 Å². The third kappa shape index (κ3) is 4.00. The summed E-state index contributed by atoms with van der Waals surface area (Å²) in [5.74, 6) is 0.828. The summed E-state index contributed by atoms with van der Waals surface area (Å²) in [4.78, 5) is 29.6. The highest BCUT2D eigenvalue weighted by Gasteiger charge is 2.22. The van der Waals surface area contributed by atoms with Crippen LogP contribution in [0.3, 0.4) is 0 Å². The van der Waals surface area contributed by atoms with Crippen LogP contribution in [0.4, 0.5) is 5.82 Å². The van der Waals surface area contributed by atoms with Crippen molar-refractivity contribution in [1.29, 1.82) is 0 Å². The van der Waals surface area contributed by atoms with Crippen LogP contribution in [-0.2, 0) is 11.3 Å². The maximum Gasteiger partial charge on any atom is 0.348 e. The van der Waals surface area contributed by atoms with E-state index in [-0.39, 0.29) is 11.8 Å². The monoisotopic (exact) mass is 487 g/mol. The first-order valence-electron chi connectivity index (χ1n) is 11.7. The molecule has 0 N–H and O–H groups in total. The Morgan fingerprint density at radius 3 is 2.77 bits per heavy atom. The summed E-state index contributed by atoms with van der Waals surface area (Å²) in [5.41, 5.74) is 5.87. The first kappa shape index (κ1) is 21.9. The van der Waals surface area contributed by atoms with Gasteiger partial charge in [-0.2, -0.15) is 4.98 Å². The van der Waals surface area contributed by atoms with Crippen LogP contribution in [0.25, 0.3) is 43.8 Å². The molecule has 1 saturated heterocycles. The van der Waals surface area contributed by atoms with Crippen molar-refractivity contribution in [3.05, 3.63) is 58.7 Å². The minimum Gasteiger partial charge on any atom is -0.452 e. The molecule has 0 aliphatic carbocycles. The highest BCUT2D eigenvalue weighted by molar-refractivity contribution is 7.13. The van der Waals surface area contributed by atoms with Gasteiger partial charge in [0, 0.05) is 50.6 Å². The van der Waals surface area contributed by atoms with Crippen LogP contribution < -0.4 is 10.6 Å². The molecule has 5 heterocycles. The van der Waals surface area contributed by atoms with Crippen LogP contribution in [0.15, 0.2) is 57.4 Å². The van der Waals surface area contributed by atoms with Crippen molar-refractivity contribution in [3.63, 3.8) is 0 Å². The van der Waals surface area contributed by atoms with E-state index in [4.69, 9.17) is 9.15 Å². The minimum atomic E-state index is -0.298. The largest absolute Gasteiger partial charge is 0.452 e. The van der Waals surface area contributed by atoms with E-state index in [0.29, 0.717) is 23.4 Å². The molecule has 8 nitrogen and oxygen atoms in total. The van der Waals surface area contributed by atoms with E-state index in [9.17, 15) is 4.79 Å². The second-order valence-corrected chi connectivity index (χ2v) is 9.86. The predicted molar refractivity (Wildman–Crippen MR) is 138 cm³/mol. The molecule has 35 heavy (non-hydrogen) atoms. The van der Waals surface area contributed by atoms with Crippen molar-refractivity contribution in [2.45, 2.75) is 31.9 Å². The number of hydrogen-bond acceptors (Lipinski definition) is 8. The highest BCUT2D eigenvalue weighted by Crippen LogP contribution is 2.36. The molecule has 1 unspecified atom stereocenters. The molecule has 1 atom stereocenters. The lowest BCUT2D eigenvalue weighted by atomic mass is 10.1. The number of aromatic nitrogens is 4. The normalized spacial score (nSPS) is 15.9. The van der Waals surface area contributed by atoms with E-state index in [1.807, 2.05) is 55.0 Å². The lowest BCUT2D eigenvalue weighted by molar-refractivity contribution is 0.100. The number of anilines is 1. The topological polar surface area (TPSA) is 86.3 Å². The number of ether oxygens (including phenoxy) is 1. The van der Waals surface area contributed by atoms with Gasteiger partial charge in [-0.15, -0.1) is 11.3 Å². The second kappa shape index (κ2) is 8.90. The molecule has 0 bridgehead atoms. The average Bonchev–Trinajstić information content (AvgIpc) is 3.64. The van der Waals surface area contributed by atoms with Crippen LogP contribution in [0.2, 0.25) is 0 Å². The summed E-state index contributed by atoms with van der Waals surface area (Å²) in [6.07, 6.45) is 6.61. The summed E-state index contributed by atoms with van der Waals surface area (Å²) in [7, 11) is 3.88. The molecule has 0 saturated carbocycles. The number of nitrogens with zero attached hydrogens (tertiary/aromatic N) is 5. The van der Waals surface area contributed by atoms with Gasteiger partial charge in [-0.25, -0.2) is 9.78 Å². The molecule has 1 aliphatic heterocycles. The van der Waals surface area contributed by atoms with Crippen LogP contribution in [-0.4, -0.2) is 46.3 Å². The van der Waals surface area contributed by atoms with E-state index in [0.717, 1.165) is 58.6 Å². The number of thiazole rings is 1. The fourth-order valence-electron chi connectivity index (χ4n) is 4.67. The molecule has 0 radical (unpaired) electrons. The lowest BCUT2D eigenvalue weighted by Gasteiger charge is -2.13. The molecule has 5 aromatic rings. The lowest BCUT2D eigenvalue weighted by Crippen LogP contribution is -2.25. The van der Waals surface area contributed by atoms with E-state index < -0.39 is 0 Å². The Kier molecular flexibility index (Phi) is 5.58. The van der Waals surface area contributed by atoms with Crippen molar-refractivity contribution in [2.75, 3.05) is 25.6 Å². The number of furan rings is 1. The predicted octanol–water partition coefficient (Wildman–Crippen LogP) is 4.96. The summed E-state index contributed by atoms with van der Waals surface area (Å²) in [6, 6.07) is 9.89. The fourth-order valence-corrected chi connectivity index (χ4v) is 5.29. The average molecular weight is 488 g/mol. The molecule has 0 amide bonds. The van der Waals surface area contributed by atoms with Crippen LogP contribution in [0.5, 0.6) is 0 Å². The van der Waals surface area contributed by atoms with Crippen molar-refractivity contribution in [1.82, 2.24) is 19.5 Å². The zero-order valence-corrected chi connectivity index (χ0v) is 20.4. The Labute approximate surface area is 205 Å². The Morgan fingerprint density at radius 2 is 2.06 bits per heavy atom. The third-order valence-corrected chi connectivity index (χ3v) is 7.30. The van der Waals surface area contributed by atoms with Gasteiger partial charge in [-0.1, -0.05) is 0 Å². The van der Waals surface area contributed by atoms with E-state index in [2.05, 4.69) is 21.0 Å². The van der Waals surface area contributed by atoms with Crippen LogP contribution >= 0.6 is 11.3 Å². The molecule has 4 aromatic heterocycles. The van der Waals surface area contributed by atoms with Crippen LogP contribution in [0.1, 0.15) is 19.3 Å². The van der Waals surface area contributed by atoms with Gasteiger partial charge < -0.3 is 14.1 Å². The number of hydrogen-bond donors (Lipinski definition) is 0. The first-order chi connectivity index (χ1) is 17.1. The van der Waals surface area contributed by atoms with Gasteiger partial charge in [0.05, 0.1) is 16.5 Å². The zero-order valence-electron chi connectivity index (χ0n) is 19.6. The van der Waals surface area contributed by atoms with Gasteiger partial charge in [-0.3, -0.25) is 9.55 Å². The SMILES string of the molecule is CN(C)c1ccc(-c2nc(=O)n(CCC3CCCO3)c3c2oc2ccc(-c4cncs4)cc23)cn1. The quantitative estimate of drug-likeness (QED) is 0.334. The van der Waals surface area contributed by atoms with Crippen LogP contribution in [0, 0.1) is 0 Å². The van der Waals surface area contributed by atoms with Gasteiger partial charge in [0.15, 0.2) is 5.58 Å². The number of fused-ring (bicyclic) bond motifs is 3. The first-order valence-corrected chi connectivity index (χ1v) is 12.6. The molecule has 1 aliphatic rings. The molecule has 178 valence electrons. The van der Waals surface area contributed by atoms with Crippen molar-refractivity contribution in [3.8, 4) is 21.7 Å². The Hall–Kier alpha value is -3.56. The van der Waals surface area contributed by atoms with E-state index in [1.165, 1.54) is 0 Å². The number of pyridine rings is 1. The smallest absolute Gasteiger partial charge is 0.348 e. The summed E-state index contributed by atoms with van der Waals surface area (Å²) in [5, 5.41) is 0.886. The van der Waals surface area contributed by atoms with Gasteiger partial charge in [-0.05, 0) is 55.2 Å². The van der Waals surface area contributed by atoms with Crippen molar-refractivity contribution >= 4 is 39.2 Å². The summed E-state index contributed by atoms with van der Waals surface area (Å²) >= 11 is 1.58. The van der Waals surface area contributed by atoms with Gasteiger partial charge in [0.1, 0.15) is 22.6 Å². The summed E-state index contributed by atoms with van der Waals surface area (Å²) in [6.45, 7) is 1.31. The zero-order chi connectivity index (χ0) is 23.9. The maximum absolute atomic E-state index is 13.4. The number of aryl methyl sites for hydroxylation is 1. The van der Waals surface area contributed by atoms with E-state index in [1.54, 1.807) is 22.1 Å². The Morgan fingerprint density at radius 1 is 1.17 bits per heavy atom. The van der Waals surface area contributed by atoms with E-state index >= 15 is 0 Å². The molecule has 6 rings (SSSR count). The number of rotatable bonds is 6. The van der Waals surface area contributed by atoms with Crippen molar-refractivity contribution < 1.29 is 9.15 Å². The molecular weight excluding hydrogens is 462 g/mol. The van der Waals surface area contributed by atoms with Gasteiger partial charge >= 0.3 is 5.69 Å². The molecule has 9 heteroatoms. The molecule has 0 spiro atoms. The third-order valence-electron chi connectivity index (χ3n) is 6.48. The summed E-state index contributed by atoms with van der Waals surface area (Å²) < 4.78 is 13.9. The Bertz CT molecular complexity index is 1550. The molecular formula is C26H25N5O3S. The maximum atomic E-state index is 13.4.